The number of fused-ring (bicyclic) bond motifs is 2. The lowest BCUT2D eigenvalue weighted by molar-refractivity contribution is 0.100. The van der Waals surface area contributed by atoms with Crippen LogP contribution in [0.4, 0.5) is 5.82 Å². The number of carbonyl (C=O) groups excluding carboxylic acids is 1. The predicted molar refractivity (Wildman–Crippen MR) is 155 cm³/mol. The first-order valence-corrected chi connectivity index (χ1v) is 13.1. The standard InChI is InChI=1S/C22H17N3OS.C7H7N5O/c1-3-20-24-19-11-7-8-16(12-13-18-14-23-15(2)27-18)21(19)22(26)25(20)17-9-5-4-6-10-17;8-5-4(6(9)13)7-10-2-1-3-12(7)11-5/h4-11,14H,3H2,1-2H3;1-3H,(H2,8,11)(H2,9,13). The van der Waals surface area contributed by atoms with Crippen LogP contribution in [-0.4, -0.2) is 35.0 Å². The van der Waals surface area contributed by atoms with Crippen LogP contribution in [0, 0.1) is 18.8 Å². The molecule has 0 radical (unpaired) electrons. The van der Waals surface area contributed by atoms with E-state index in [9.17, 15) is 9.59 Å². The minimum Gasteiger partial charge on any atom is -0.381 e. The fourth-order valence-corrected chi connectivity index (χ4v) is 4.78. The highest BCUT2D eigenvalue weighted by Gasteiger charge is 2.16. The van der Waals surface area contributed by atoms with Gasteiger partial charge in [-0.05, 0) is 43.2 Å². The van der Waals surface area contributed by atoms with Gasteiger partial charge in [0.15, 0.2) is 11.5 Å². The Bertz CT molecular complexity index is 1980. The molecule has 6 aromatic rings. The van der Waals surface area contributed by atoms with Crippen molar-refractivity contribution >= 4 is 39.6 Å². The third kappa shape index (κ3) is 5.16. The minimum atomic E-state index is -0.619. The zero-order valence-corrected chi connectivity index (χ0v) is 22.5. The Hall–Kier alpha value is -5.34. The first-order chi connectivity index (χ1) is 19.4. The maximum absolute atomic E-state index is 13.4. The molecule has 0 saturated carbocycles. The van der Waals surface area contributed by atoms with Crippen molar-refractivity contribution in [3.63, 3.8) is 0 Å². The van der Waals surface area contributed by atoms with Gasteiger partial charge in [-0.3, -0.25) is 14.2 Å². The molecule has 0 unspecified atom stereocenters. The van der Waals surface area contributed by atoms with Crippen LogP contribution < -0.4 is 17.0 Å². The Balaban J connectivity index is 0.000000207. The zero-order valence-electron chi connectivity index (χ0n) is 21.7. The van der Waals surface area contributed by atoms with Crippen LogP contribution in [0.3, 0.4) is 0 Å². The van der Waals surface area contributed by atoms with Crippen molar-refractivity contribution in [2.75, 3.05) is 5.73 Å². The highest BCUT2D eigenvalue weighted by atomic mass is 32.1. The summed E-state index contributed by atoms with van der Waals surface area (Å²) in [4.78, 5) is 38.1. The number of rotatable bonds is 3. The average Bonchev–Trinajstić information content (AvgIpc) is 3.53. The van der Waals surface area contributed by atoms with E-state index in [0.29, 0.717) is 28.5 Å². The molecule has 0 spiro atoms. The number of aromatic nitrogens is 6. The number of amides is 1. The average molecular weight is 549 g/mol. The summed E-state index contributed by atoms with van der Waals surface area (Å²) < 4.78 is 3.10. The normalized spacial score (nSPS) is 10.6. The molecule has 10 nitrogen and oxygen atoms in total. The van der Waals surface area contributed by atoms with E-state index in [4.69, 9.17) is 16.5 Å². The van der Waals surface area contributed by atoms with E-state index in [1.54, 1.807) is 29.2 Å². The first-order valence-electron chi connectivity index (χ1n) is 12.3. The Morgan fingerprint density at radius 2 is 1.85 bits per heavy atom. The van der Waals surface area contributed by atoms with Gasteiger partial charge in [0, 0.05) is 24.4 Å². The van der Waals surface area contributed by atoms with E-state index in [2.05, 4.69) is 26.9 Å². The topological polar surface area (TPSA) is 147 Å². The summed E-state index contributed by atoms with van der Waals surface area (Å²) in [5.74, 6) is 6.48. The number of hydrogen-bond acceptors (Lipinski definition) is 8. The molecule has 6 rings (SSSR count). The molecule has 2 aromatic carbocycles. The quantitative estimate of drug-likeness (QED) is 0.322. The third-order valence-electron chi connectivity index (χ3n) is 5.91. The van der Waals surface area contributed by atoms with Crippen molar-refractivity contribution < 1.29 is 4.79 Å². The summed E-state index contributed by atoms with van der Waals surface area (Å²) in [6.45, 7) is 3.95. The van der Waals surface area contributed by atoms with Gasteiger partial charge >= 0.3 is 0 Å². The molecule has 11 heteroatoms. The van der Waals surface area contributed by atoms with Crippen molar-refractivity contribution in [1.29, 1.82) is 0 Å². The maximum Gasteiger partial charge on any atom is 0.267 e. The molecule has 0 aliphatic rings. The molecule has 4 N–H and O–H groups in total. The minimum absolute atomic E-state index is 0.0894. The lowest BCUT2D eigenvalue weighted by Crippen LogP contribution is -2.24. The van der Waals surface area contributed by atoms with E-state index < -0.39 is 5.91 Å². The Morgan fingerprint density at radius 3 is 2.55 bits per heavy atom. The molecule has 0 bridgehead atoms. The largest absolute Gasteiger partial charge is 0.381 e. The third-order valence-corrected chi connectivity index (χ3v) is 6.74. The lowest BCUT2D eigenvalue weighted by atomic mass is 10.1. The smallest absolute Gasteiger partial charge is 0.267 e. The summed E-state index contributed by atoms with van der Waals surface area (Å²) in [6.07, 6.45) is 5.61. The lowest BCUT2D eigenvalue weighted by Gasteiger charge is -2.13. The summed E-state index contributed by atoms with van der Waals surface area (Å²) in [5.41, 5.74) is 13.2. The molecule has 4 heterocycles. The molecule has 0 aliphatic carbocycles. The molecule has 198 valence electrons. The molecular weight excluding hydrogens is 524 g/mol. The van der Waals surface area contributed by atoms with Crippen molar-refractivity contribution in [3.8, 4) is 17.5 Å². The molecule has 4 aromatic heterocycles. The van der Waals surface area contributed by atoms with Gasteiger partial charge < -0.3 is 11.5 Å². The van der Waals surface area contributed by atoms with Crippen molar-refractivity contribution in [2.45, 2.75) is 20.3 Å². The Morgan fingerprint density at radius 1 is 1.05 bits per heavy atom. The molecule has 1 amide bonds. The van der Waals surface area contributed by atoms with Crippen molar-refractivity contribution in [2.24, 2.45) is 5.73 Å². The van der Waals surface area contributed by atoms with E-state index in [1.165, 1.54) is 15.9 Å². The predicted octanol–water partition coefficient (Wildman–Crippen LogP) is 3.52. The number of thiazole rings is 1. The van der Waals surface area contributed by atoms with E-state index in [1.807, 2.05) is 62.4 Å². The SMILES string of the molecule is CCc1nc2cccc(C#Cc3cnc(C)s3)c2c(=O)n1-c1ccccc1.NC(=O)c1c(N)nn2cccnc12. The van der Waals surface area contributed by atoms with Gasteiger partial charge in [-0.25, -0.2) is 19.5 Å². The monoisotopic (exact) mass is 548 g/mol. The number of nitrogens with two attached hydrogens (primary N) is 2. The number of primary amides is 1. The summed E-state index contributed by atoms with van der Waals surface area (Å²) in [7, 11) is 0. The zero-order chi connectivity index (χ0) is 28.2. The Kier molecular flexibility index (Phi) is 7.35. The highest BCUT2D eigenvalue weighted by Crippen LogP contribution is 2.18. The molecule has 0 saturated heterocycles. The number of benzene rings is 2. The highest BCUT2D eigenvalue weighted by molar-refractivity contribution is 7.12. The number of hydrogen-bond donors (Lipinski definition) is 2. The molecule has 0 fully saturated rings. The number of nitrogen functional groups attached to an aromatic ring is 1. The number of anilines is 1. The number of aryl methyl sites for hydroxylation is 2. The molecule has 0 aliphatic heterocycles. The Labute approximate surface area is 233 Å². The molecular formula is C29H24N8O2S. The van der Waals surface area contributed by atoms with Crippen LogP contribution in [0.2, 0.25) is 0 Å². The fourth-order valence-electron chi connectivity index (χ4n) is 4.15. The van der Waals surface area contributed by atoms with Crippen molar-refractivity contribution in [3.05, 3.63) is 110 Å². The number of para-hydroxylation sites is 1. The van der Waals surface area contributed by atoms with Gasteiger partial charge in [0.1, 0.15) is 11.4 Å². The molecule has 40 heavy (non-hydrogen) atoms. The first kappa shape index (κ1) is 26.3. The van der Waals surface area contributed by atoms with Crippen LogP contribution in [0.15, 0.2) is 78.0 Å². The van der Waals surface area contributed by atoms with E-state index in [-0.39, 0.29) is 16.9 Å². The van der Waals surface area contributed by atoms with Crippen LogP contribution in [0.5, 0.6) is 0 Å². The van der Waals surface area contributed by atoms with Gasteiger partial charge in [-0.2, -0.15) is 0 Å². The van der Waals surface area contributed by atoms with Gasteiger partial charge in [0.05, 0.1) is 32.7 Å². The van der Waals surface area contributed by atoms with Crippen LogP contribution >= 0.6 is 11.3 Å². The van der Waals surface area contributed by atoms with Gasteiger partial charge in [-0.1, -0.05) is 37.1 Å². The second-order valence-corrected chi connectivity index (χ2v) is 9.80. The van der Waals surface area contributed by atoms with Crippen LogP contribution in [-0.2, 0) is 6.42 Å². The fraction of sp³-hybridized carbons (Fsp3) is 0.103. The second kappa shape index (κ2) is 11.2. The summed E-state index contributed by atoms with van der Waals surface area (Å²) in [6, 6.07) is 16.9. The van der Waals surface area contributed by atoms with Gasteiger partial charge in [0.25, 0.3) is 11.5 Å². The second-order valence-electron chi connectivity index (χ2n) is 8.56. The van der Waals surface area contributed by atoms with Crippen LogP contribution in [0.1, 0.15) is 38.6 Å². The summed E-state index contributed by atoms with van der Waals surface area (Å²) in [5, 5.41) is 5.38. The number of carbonyl (C=O) groups is 1. The van der Waals surface area contributed by atoms with E-state index >= 15 is 0 Å². The van der Waals surface area contributed by atoms with Crippen molar-refractivity contribution in [1.82, 2.24) is 29.1 Å². The molecule has 0 atom stereocenters. The van der Waals surface area contributed by atoms with Gasteiger partial charge in [-0.15, -0.1) is 16.4 Å². The van der Waals surface area contributed by atoms with Gasteiger partial charge in [0.2, 0.25) is 0 Å². The summed E-state index contributed by atoms with van der Waals surface area (Å²) >= 11 is 1.54. The number of nitrogens with zero attached hydrogens (tertiary/aromatic N) is 6. The van der Waals surface area contributed by atoms with Crippen LogP contribution in [0.25, 0.3) is 22.2 Å². The van der Waals surface area contributed by atoms with E-state index in [0.717, 1.165) is 21.4 Å². The maximum atomic E-state index is 13.4.